The van der Waals surface area contributed by atoms with Crippen LogP contribution in [0.4, 0.5) is 18.9 Å². The van der Waals surface area contributed by atoms with Crippen molar-refractivity contribution in [3.05, 3.63) is 42.2 Å². The van der Waals surface area contributed by atoms with Crippen LogP contribution in [0.5, 0.6) is 5.75 Å². The van der Waals surface area contributed by atoms with Crippen LogP contribution in [0.3, 0.4) is 0 Å². The number of aromatic nitrogens is 2. The zero-order valence-corrected chi connectivity index (χ0v) is 13.6. The van der Waals surface area contributed by atoms with Crippen LogP contribution in [0.2, 0.25) is 0 Å². The van der Waals surface area contributed by atoms with Gasteiger partial charge in [0.05, 0.1) is 6.20 Å². The van der Waals surface area contributed by atoms with Crippen molar-refractivity contribution in [3.8, 4) is 5.75 Å². The van der Waals surface area contributed by atoms with E-state index in [9.17, 15) is 18.0 Å². The third-order valence-electron chi connectivity index (χ3n) is 2.94. The number of alkyl halides is 3. The summed E-state index contributed by atoms with van der Waals surface area (Å²) in [5, 5.41) is 9.35. The summed E-state index contributed by atoms with van der Waals surface area (Å²) in [6.07, 6.45) is -1.58. The smallest absolute Gasteiger partial charge is 0.406 e. The maximum Gasteiger partial charge on any atom is 0.573 e. The van der Waals surface area contributed by atoms with E-state index in [1.54, 1.807) is 25.0 Å². The van der Waals surface area contributed by atoms with Crippen molar-refractivity contribution in [2.45, 2.75) is 12.4 Å². The highest BCUT2D eigenvalue weighted by molar-refractivity contribution is 5.95. The van der Waals surface area contributed by atoms with Crippen LogP contribution in [0, 0.1) is 0 Å². The van der Waals surface area contributed by atoms with Gasteiger partial charge in [0, 0.05) is 30.6 Å². The number of hydrogen-bond donors (Lipinski definition) is 2. The van der Waals surface area contributed by atoms with Gasteiger partial charge in [-0.15, -0.1) is 25.6 Å². The van der Waals surface area contributed by atoms with Crippen molar-refractivity contribution in [1.29, 1.82) is 0 Å². The molecule has 6 nitrogen and oxygen atoms in total. The molecule has 0 aliphatic carbocycles. The van der Waals surface area contributed by atoms with Crippen molar-refractivity contribution in [1.82, 2.24) is 15.1 Å². The lowest BCUT2D eigenvalue weighted by atomic mass is 10.1. The van der Waals surface area contributed by atoms with Gasteiger partial charge < -0.3 is 15.4 Å². The average molecular weight is 365 g/mol. The van der Waals surface area contributed by atoms with Gasteiger partial charge in [0.1, 0.15) is 11.8 Å². The van der Waals surface area contributed by atoms with Gasteiger partial charge in [-0.05, 0) is 19.2 Å². The summed E-state index contributed by atoms with van der Waals surface area (Å²) in [6, 6.07) is 4.39. The number of amides is 1. The van der Waals surface area contributed by atoms with E-state index in [2.05, 4.69) is 20.5 Å². The minimum absolute atomic E-state index is 0. The maximum absolute atomic E-state index is 12.3. The summed E-state index contributed by atoms with van der Waals surface area (Å²) in [6.45, 7) is 0. The van der Waals surface area contributed by atoms with Crippen molar-refractivity contribution >= 4 is 24.0 Å². The van der Waals surface area contributed by atoms with Gasteiger partial charge >= 0.3 is 6.36 Å². The molecule has 10 heteroatoms. The van der Waals surface area contributed by atoms with Gasteiger partial charge in [0.2, 0.25) is 5.91 Å². The predicted octanol–water partition coefficient (Wildman–Crippen LogP) is 2.64. The molecule has 0 radical (unpaired) electrons. The average Bonchev–Trinajstić information content (AvgIpc) is 2.84. The van der Waals surface area contributed by atoms with Crippen LogP contribution in [-0.2, 0) is 11.8 Å². The van der Waals surface area contributed by atoms with Gasteiger partial charge in [-0.3, -0.25) is 9.48 Å². The third kappa shape index (κ3) is 5.43. The number of nitrogens with zero attached hydrogens (tertiary/aromatic N) is 2. The largest absolute Gasteiger partial charge is 0.573 e. The first kappa shape index (κ1) is 19.8. The number of carbonyl (C=O) groups excluding carboxylic acids is 1. The normalized spacial score (nSPS) is 12.2. The van der Waals surface area contributed by atoms with E-state index in [-0.39, 0.29) is 18.1 Å². The molecule has 0 saturated carbocycles. The Morgan fingerprint density at radius 3 is 2.62 bits per heavy atom. The van der Waals surface area contributed by atoms with Crippen LogP contribution in [0.15, 0.2) is 36.7 Å². The monoisotopic (exact) mass is 364 g/mol. The van der Waals surface area contributed by atoms with E-state index in [1.165, 1.54) is 18.3 Å². The number of benzene rings is 1. The van der Waals surface area contributed by atoms with Crippen molar-refractivity contribution < 1.29 is 22.7 Å². The highest BCUT2D eigenvalue weighted by Crippen LogP contribution is 2.25. The number of ether oxygens (including phenoxy) is 1. The molecule has 24 heavy (non-hydrogen) atoms. The molecule has 1 heterocycles. The number of nitrogens with one attached hydrogen (secondary N) is 2. The molecular weight excluding hydrogens is 349 g/mol. The summed E-state index contributed by atoms with van der Waals surface area (Å²) in [5.74, 6) is -0.831. The van der Waals surface area contributed by atoms with Crippen molar-refractivity contribution in [3.63, 3.8) is 0 Å². The number of halogens is 4. The Balaban J connectivity index is 0.00000288. The zero-order valence-electron chi connectivity index (χ0n) is 12.8. The van der Waals surface area contributed by atoms with E-state index < -0.39 is 24.1 Å². The predicted molar refractivity (Wildman–Crippen MR) is 84.0 cm³/mol. The van der Waals surface area contributed by atoms with E-state index in [1.807, 2.05) is 0 Å². The Kier molecular flexibility index (Phi) is 6.61. The van der Waals surface area contributed by atoms with Crippen molar-refractivity contribution in [2.75, 3.05) is 12.4 Å². The van der Waals surface area contributed by atoms with Crippen LogP contribution >= 0.6 is 12.4 Å². The first-order valence-electron chi connectivity index (χ1n) is 6.61. The van der Waals surface area contributed by atoms with Gasteiger partial charge in [0.15, 0.2) is 0 Å². The van der Waals surface area contributed by atoms with E-state index in [4.69, 9.17) is 0 Å². The highest BCUT2D eigenvalue weighted by atomic mass is 35.5. The number of carbonyl (C=O) groups is 1. The molecule has 1 unspecified atom stereocenters. The van der Waals surface area contributed by atoms with E-state index in [0.29, 0.717) is 5.56 Å². The minimum atomic E-state index is -4.79. The van der Waals surface area contributed by atoms with Gasteiger partial charge in [-0.2, -0.15) is 5.10 Å². The number of hydrogen-bond acceptors (Lipinski definition) is 4. The number of aryl methyl sites for hydroxylation is 1. The minimum Gasteiger partial charge on any atom is -0.406 e. The standard InChI is InChI=1S/C14H15F3N4O2.ClH/c1-18-12(9-7-19-21(2)8-9)13(22)20-10-4-3-5-11(6-10)23-14(15,16)17;/h3-8,12,18H,1-2H3,(H,20,22);1H. The summed E-state index contributed by atoms with van der Waals surface area (Å²) >= 11 is 0. The van der Waals surface area contributed by atoms with Crippen LogP contribution in [-0.4, -0.2) is 29.1 Å². The summed E-state index contributed by atoms with van der Waals surface area (Å²) in [7, 11) is 3.31. The molecule has 0 aliphatic rings. The zero-order chi connectivity index (χ0) is 17.0. The third-order valence-corrected chi connectivity index (χ3v) is 2.94. The van der Waals surface area contributed by atoms with Gasteiger partial charge in [0.25, 0.3) is 0 Å². The molecule has 0 spiro atoms. The molecule has 2 rings (SSSR count). The highest BCUT2D eigenvalue weighted by Gasteiger charge is 2.31. The second kappa shape index (κ2) is 8.02. The SMILES string of the molecule is CNC(C(=O)Nc1cccc(OC(F)(F)F)c1)c1cnn(C)c1.Cl. The molecule has 0 bridgehead atoms. The summed E-state index contributed by atoms with van der Waals surface area (Å²) < 4.78 is 42.0. The first-order valence-corrected chi connectivity index (χ1v) is 6.61. The molecule has 1 atom stereocenters. The molecule has 1 aromatic carbocycles. The first-order chi connectivity index (χ1) is 10.8. The molecule has 0 fully saturated rings. The van der Waals surface area contributed by atoms with Gasteiger partial charge in [-0.25, -0.2) is 0 Å². The van der Waals surface area contributed by atoms with Gasteiger partial charge in [-0.1, -0.05) is 6.07 Å². The van der Waals surface area contributed by atoms with E-state index >= 15 is 0 Å². The summed E-state index contributed by atoms with van der Waals surface area (Å²) in [5.41, 5.74) is 0.830. The maximum atomic E-state index is 12.3. The van der Waals surface area contributed by atoms with Crippen LogP contribution in [0.1, 0.15) is 11.6 Å². The lowest BCUT2D eigenvalue weighted by molar-refractivity contribution is -0.274. The summed E-state index contributed by atoms with van der Waals surface area (Å²) in [4.78, 5) is 12.3. The molecule has 0 aliphatic heterocycles. The molecular formula is C14H16ClF3N4O2. The Hall–Kier alpha value is -2.26. The fraction of sp³-hybridized carbons (Fsp3) is 0.286. The second-order valence-electron chi connectivity index (χ2n) is 4.73. The number of likely N-dealkylation sites (N-methyl/N-ethyl adjacent to an activating group) is 1. The Bertz CT molecular complexity index is 691. The molecule has 1 amide bonds. The number of anilines is 1. The van der Waals surface area contributed by atoms with Crippen LogP contribution in [0.25, 0.3) is 0 Å². The molecule has 2 N–H and O–H groups in total. The fourth-order valence-electron chi connectivity index (χ4n) is 2.02. The number of rotatable bonds is 5. The molecule has 132 valence electrons. The quantitative estimate of drug-likeness (QED) is 0.856. The topological polar surface area (TPSA) is 68.2 Å². The van der Waals surface area contributed by atoms with E-state index in [0.717, 1.165) is 12.1 Å². The Labute approximate surface area is 142 Å². The van der Waals surface area contributed by atoms with Crippen molar-refractivity contribution in [2.24, 2.45) is 7.05 Å². The lowest BCUT2D eigenvalue weighted by Gasteiger charge is -2.15. The Morgan fingerprint density at radius 2 is 2.08 bits per heavy atom. The Morgan fingerprint density at radius 1 is 1.38 bits per heavy atom. The second-order valence-corrected chi connectivity index (χ2v) is 4.73. The fourth-order valence-corrected chi connectivity index (χ4v) is 2.02. The van der Waals surface area contributed by atoms with Crippen LogP contribution < -0.4 is 15.4 Å². The molecule has 1 aromatic heterocycles. The lowest BCUT2D eigenvalue weighted by Crippen LogP contribution is -2.30. The molecule has 2 aromatic rings. The molecule has 0 saturated heterocycles.